The molecule has 0 bridgehead atoms. The standard InChI is InChI=1S/C10H20F2N2O2/c1-7(2)16-6-10(11,12)14-8(15)5-9(3,4)13/h7H,5-6,13H2,1-4H3,(H,14,15). The number of hydrogen-bond donors (Lipinski definition) is 2. The van der Waals surface area contributed by atoms with Crippen LogP contribution in [0.4, 0.5) is 8.78 Å². The number of nitrogens with two attached hydrogens (primary N) is 1. The summed E-state index contributed by atoms with van der Waals surface area (Å²) in [5.41, 5.74) is 4.73. The number of amides is 1. The summed E-state index contributed by atoms with van der Waals surface area (Å²) in [6, 6.07) is -3.35. The van der Waals surface area contributed by atoms with Crippen LogP contribution in [0, 0.1) is 0 Å². The van der Waals surface area contributed by atoms with Gasteiger partial charge in [-0.15, -0.1) is 0 Å². The van der Waals surface area contributed by atoms with Crippen molar-refractivity contribution < 1.29 is 18.3 Å². The molecule has 0 aliphatic rings. The highest BCUT2D eigenvalue weighted by Gasteiger charge is 2.32. The normalized spacial score (nSPS) is 13.0. The molecule has 3 N–H and O–H groups in total. The van der Waals surface area contributed by atoms with Gasteiger partial charge in [-0.25, -0.2) is 0 Å². The van der Waals surface area contributed by atoms with Crippen LogP contribution in [0.2, 0.25) is 0 Å². The molecule has 0 aliphatic heterocycles. The summed E-state index contributed by atoms with van der Waals surface area (Å²) in [6.07, 6.45) is -0.474. The molecule has 0 saturated carbocycles. The minimum absolute atomic E-state index is 0.162. The average molecular weight is 238 g/mol. The smallest absolute Gasteiger partial charge is 0.348 e. The van der Waals surface area contributed by atoms with Gasteiger partial charge in [0, 0.05) is 12.0 Å². The number of halogens is 2. The molecular weight excluding hydrogens is 218 g/mol. The van der Waals surface area contributed by atoms with Crippen LogP contribution >= 0.6 is 0 Å². The molecule has 1 amide bonds. The zero-order valence-corrected chi connectivity index (χ0v) is 10.1. The molecule has 0 atom stereocenters. The van der Waals surface area contributed by atoms with Crippen LogP contribution < -0.4 is 11.1 Å². The second kappa shape index (κ2) is 5.54. The lowest BCUT2D eigenvalue weighted by molar-refractivity contribution is -0.146. The van der Waals surface area contributed by atoms with E-state index >= 15 is 0 Å². The summed E-state index contributed by atoms with van der Waals surface area (Å²) in [7, 11) is 0. The minimum atomic E-state index is -3.35. The zero-order chi connectivity index (χ0) is 13.0. The molecule has 0 fully saturated rings. The topological polar surface area (TPSA) is 64.3 Å². The number of nitrogens with one attached hydrogen (secondary N) is 1. The number of alkyl halides is 2. The van der Waals surface area contributed by atoms with Crippen LogP contribution in [-0.4, -0.2) is 30.2 Å². The van der Waals surface area contributed by atoms with Gasteiger partial charge in [-0.05, 0) is 27.7 Å². The van der Waals surface area contributed by atoms with Crippen molar-refractivity contribution in [2.45, 2.75) is 51.8 Å². The molecule has 0 heterocycles. The third kappa shape index (κ3) is 8.55. The summed E-state index contributed by atoms with van der Waals surface area (Å²) in [5.74, 6) is -0.787. The predicted octanol–water partition coefficient (Wildman–Crippen LogP) is 1.25. The second-order valence-electron chi connectivity index (χ2n) is 4.78. The van der Waals surface area contributed by atoms with Gasteiger partial charge in [0.05, 0.1) is 6.10 Å². The molecule has 0 aromatic carbocycles. The van der Waals surface area contributed by atoms with Crippen molar-refractivity contribution in [1.82, 2.24) is 5.32 Å². The first-order valence-electron chi connectivity index (χ1n) is 5.11. The van der Waals surface area contributed by atoms with Gasteiger partial charge in [-0.3, -0.25) is 10.1 Å². The molecule has 0 aromatic rings. The van der Waals surface area contributed by atoms with Crippen LogP contribution in [0.3, 0.4) is 0 Å². The maximum absolute atomic E-state index is 13.1. The first-order chi connectivity index (χ1) is 7.02. The molecule has 96 valence electrons. The van der Waals surface area contributed by atoms with Crippen LogP contribution in [0.5, 0.6) is 0 Å². The molecule has 0 radical (unpaired) electrons. The summed E-state index contributed by atoms with van der Waals surface area (Å²) < 4.78 is 31.0. The molecular formula is C10H20F2N2O2. The summed E-state index contributed by atoms with van der Waals surface area (Å²) in [5, 5.41) is 1.59. The fourth-order valence-electron chi connectivity index (χ4n) is 0.969. The van der Waals surface area contributed by atoms with Crippen molar-refractivity contribution in [3.63, 3.8) is 0 Å². The second-order valence-corrected chi connectivity index (χ2v) is 4.78. The highest BCUT2D eigenvalue weighted by Crippen LogP contribution is 2.12. The number of carbonyl (C=O) groups is 1. The third-order valence-corrected chi connectivity index (χ3v) is 1.54. The van der Waals surface area contributed by atoms with E-state index in [1.807, 2.05) is 0 Å². The van der Waals surface area contributed by atoms with Crippen LogP contribution in [-0.2, 0) is 9.53 Å². The quantitative estimate of drug-likeness (QED) is 0.684. The molecule has 0 aromatic heterocycles. The number of rotatable bonds is 6. The van der Waals surface area contributed by atoms with Gasteiger partial charge in [-0.1, -0.05) is 0 Å². The first-order valence-corrected chi connectivity index (χ1v) is 5.11. The number of carbonyl (C=O) groups excluding carboxylic acids is 1. The molecule has 0 saturated heterocycles. The Morgan fingerprint density at radius 2 is 1.94 bits per heavy atom. The predicted molar refractivity (Wildman–Crippen MR) is 57.1 cm³/mol. The summed E-state index contributed by atoms with van der Waals surface area (Å²) >= 11 is 0. The Morgan fingerprint density at radius 1 is 1.44 bits per heavy atom. The summed E-state index contributed by atoms with van der Waals surface area (Å²) in [4.78, 5) is 11.2. The fraction of sp³-hybridized carbons (Fsp3) is 0.900. The van der Waals surface area contributed by atoms with E-state index in [0.717, 1.165) is 0 Å². The van der Waals surface area contributed by atoms with E-state index in [0.29, 0.717) is 0 Å². The minimum Gasteiger partial charge on any atom is -0.370 e. The molecule has 0 rings (SSSR count). The van der Waals surface area contributed by atoms with Crippen LogP contribution in [0.1, 0.15) is 34.1 Å². The maximum Gasteiger partial charge on any atom is 0.348 e. The van der Waals surface area contributed by atoms with Gasteiger partial charge in [0.1, 0.15) is 6.61 Å². The van der Waals surface area contributed by atoms with Gasteiger partial charge in [0.25, 0.3) is 0 Å². The van der Waals surface area contributed by atoms with Crippen molar-refractivity contribution >= 4 is 5.91 Å². The van der Waals surface area contributed by atoms with Gasteiger partial charge in [-0.2, -0.15) is 8.78 Å². The van der Waals surface area contributed by atoms with Crippen LogP contribution in [0.25, 0.3) is 0 Å². The van der Waals surface area contributed by atoms with Gasteiger partial charge >= 0.3 is 6.05 Å². The largest absolute Gasteiger partial charge is 0.370 e. The maximum atomic E-state index is 13.1. The Bertz CT molecular complexity index is 237. The fourth-order valence-corrected chi connectivity index (χ4v) is 0.969. The van der Waals surface area contributed by atoms with Crippen LogP contribution in [0.15, 0.2) is 0 Å². The van der Waals surface area contributed by atoms with Crippen molar-refractivity contribution in [1.29, 1.82) is 0 Å². The Hall–Kier alpha value is -0.750. The van der Waals surface area contributed by atoms with Gasteiger partial charge in [0.15, 0.2) is 0 Å². The van der Waals surface area contributed by atoms with E-state index in [9.17, 15) is 13.6 Å². The highest BCUT2D eigenvalue weighted by atomic mass is 19.3. The summed E-state index contributed by atoms with van der Waals surface area (Å²) in [6.45, 7) is 5.63. The molecule has 16 heavy (non-hydrogen) atoms. The van der Waals surface area contributed by atoms with Gasteiger partial charge < -0.3 is 10.5 Å². The van der Waals surface area contributed by atoms with Crippen molar-refractivity contribution in [3.05, 3.63) is 0 Å². The molecule has 4 nitrogen and oxygen atoms in total. The zero-order valence-electron chi connectivity index (χ0n) is 10.1. The van der Waals surface area contributed by atoms with Crippen molar-refractivity contribution in [2.75, 3.05) is 6.61 Å². The Kier molecular flexibility index (Phi) is 5.28. The average Bonchev–Trinajstić information content (AvgIpc) is 1.95. The lowest BCUT2D eigenvalue weighted by atomic mass is 10.0. The van der Waals surface area contributed by atoms with E-state index in [4.69, 9.17) is 10.5 Å². The highest BCUT2D eigenvalue weighted by molar-refractivity contribution is 5.77. The monoisotopic (exact) mass is 238 g/mol. The Morgan fingerprint density at radius 3 is 2.31 bits per heavy atom. The number of hydrogen-bond acceptors (Lipinski definition) is 3. The SMILES string of the molecule is CC(C)OCC(F)(F)NC(=O)CC(C)(C)N. The lowest BCUT2D eigenvalue weighted by Crippen LogP contribution is -2.48. The van der Waals surface area contributed by atoms with Gasteiger partial charge in [0.2, 0.25) is 5.91 Å². The molecule has 6 heteroatoms. The molecule has 0 unspecified atom stereocenters. The Labute approximate surface area is 94.5 Å². The first kappa shape index (κ1) is 15.2. The van der Waals surface area contributed by atoms with E-state index in [2.05, 4.69) is 0 Å². The molecule has 0 aliphatic carbocycles. The number of ether oxygens (including phenoxy) is 1. The van der Waals surface area contributed by atoms with E-state index in [-0.39, 0.29) is 12.5 Å². The third-order valence-electron chi connectivity index (χ3n) is 1.54. The van der Waals surface area contributed by atoms with E-state index in [1.54, 1.807) is 33.0 Å². The van der Waals surface area contributed by atoms with Crippen molar-refractivity contribution in [3.8, 4) is 0 Å². The lowest BCUT2D eigenvalue weighted by Gasteiger charge is -2.22. The van der Waals surface area contributed by atoms with E-state index in [1.165, 1.54) is 0 Å². The molecule has 0 spiro atoms. The van der Waals surface area contributed by atoms with E-state index < -0.39 is 24.1 Å². The van der Waals surface area contributed by atoms with Crippen molar-refractivity contribution in [2.24, 2.45) is 5.73 Å². The Balaban J connectivity index is 4.10.